The zero-order valence-corrected chi connectivity index (χ0v) is 15.8. The minimum atomic E-state index is -1.08. The maximum atomic E-state index is 11.3. The molecule has 26 heavy (non-hydrogen) atoms. The van der Waals surface area contributed by atoms with Crippen molar-refractivity contribution >= 4 is 23.9 Å². The highest BCUT2D eigenvalue weighted by molar-refractivity contribution is 5.77. The molecule has 0 amide bonds. The maximum absolute atomic E-state index is 11.3. The van der Waals surface area contributed by atoms with Gasteiger partial charge in [-0.15, -0.1) is 0 Å². The molecule has 0 aliphatic heterocycles. The number of aliphatic carboxylic acids is 2. The smallest absolute Gasteiger partial charge is 0.306 e. The van der Waals surface area contributed by atoms with Crippen LogP contribution in [0, 0.1) is 0 Å². The van der Waals surface area contributed by atoms with Crippen LogP contribution in [0.25, 0.3) is 0 Å². The predicted molar refractivity (Wildman–Crippen MR) is 94.7 cm³/mol. The van der Waals surface area contributed by atoms with E-state index in [0.717, 1.165) is 38.5 Å². The van der Waals surface area contributed by atoms with Crippen LogP contribution in [0.2, 0.25) is 0 Å². The fourth-order valence-electron chi connectivity index (χ4n) is 1.64. The lowest BCUT2D eigenvalue weighted by molar-refractivity contribution is -0.150. The number of carboxylic acids is 2. The molecule has 0 bridgehead atoms. The molecule has 0 fully saturated rings. The molecule has 2 N–H and O–H groups in total. The van der Waals surface area contributed by atoms with Crippen LogP contribution in [0.5, 0.6) is 0 Å². The molecule has 0 saturated carbocycles. The van der Waals surface area contributed by atoms with E-state index in [-0.39, 0.29) is 37.6 Å². The van der Waals surface area contributed by atoms with Crippen molar-refractivity contribution in [3.05, 3.63) is 0 Å². The van der Waals surface area contributed by atoms with Gasteiger partial charge in [-0.25, -0.2) is 0 Å². The number of rotatable bonds is 14. The second kappa shape index (κ2) is 19.2. The van der Waals surface area contributed by atoms with Crippen LogP contribution >= 0.6 is 0 Å². The van der Waals surface area contributed by atoms with Crippen LogP contribution in [0.15, 0.2) is 0 Å². The van der Waals surface area contributed by atoms with E-state index in [1.165, 1.54) is 0 Å². The quantitative estimate of drug-likeness (QED) is 0.349. The Morgan fingerprint density at radius 1 is 0.615 bits per heavy atom. The molecule has 0 rings (SSSR count). The van der Waals surface area contributed by atoms with E-state index < -0.39 is 11.9 Å². The highest BCUT2D eigenvalue weighted by Crippen LogP contribution is 2.01. The summed E-state index contributed by atoms with van der Waals surface area (Å²) in [6.07, 6.45) is 5.76. The third-order valence-electron chi connectivity index (χ3n) is 3.11. The van der Waals surface area contributed by atoms with E-state index in [2.05, 4.69) is 13.8 Å². The Hall–Kier alpha value is -2.12. The summed E-state index contributed by atoms with van der Waals surface area (Å²) in [5, 5.41) is 15.8. The molecule has 0 atom stereocenters. The van der Waals surface area contributed by atoms with Crippen molar-refractivity contribution in [3.63, 3.8) is 0 Å². The molecular weight excluding hydrogens is 344 g/mol. The Kier molecular flexibility index (Phi) is 19.3. The van der Waals surface area contributed by atoms with E-state index in [1.807, 2.05) is 0 Å². The van der Waals surface area contributed by atoms with Gasteiger partial charge in [-0.2, -0.15) is 0 Å². The van der Waals surface area contributed by atoms with Crippen molar-refractivity contribution in [2.75, 3.05) is 13.2 Å². The van der Waals surface area contributed by atoms with Crippen LogP contribution < -0.4 is 0 Å². The van der Waals surface area contributed by atoms with Gasteiger partial charge in [0.25, 0.3) is 0 Å². The third-order valence-corrected chi connectivity index (χ3v) is 3.11. The number of esters is 2. The lowest BCUT2D eigenvalue weighted by atomic mass is 10.2. The number of unbranched alkanes of at least 4 members (excludes halogenated alkanes) is 4. The zero-order chi connectivity index (χ0) is 20.2. The topological polar surface area (TPSA) is 127 Å². The van der Waals surface area contributed by atoms with E-state index >= 15 is 0 Å². The van der Waals surface area contributed by atoms with Crippen molar-refractivity contribution in [1.29, 1.82) is 0 Å². The van der Waals surface area contributed by atoms with Crippen molar-refractivity contribution < 1.29 is 38.9 Å². The second-order valence-corrected chi connectivity index (χ2v) is 5.64. The summed E-state index contributed by atoms with van der Waals surface area (Å²) in [5.74, 6) is -2.77. The van der Waals surface area contributed by atoms with Gasteiger partial charge in [0.2, 0.25) is 0 Å². The van der Waals surface area contributed by atoms with Gasteiger partial charge < -0.3 is 19.7 Å². The monoisotopic (exact) mass is 376 g/mol. The Morgan fingerprint density at radius 3 is 1.23 bits per heavy atom. The molecule has 0 heterocycles. The van der Waals surface area contributed by atoms with Crippen molar-refractivity contribution in [1.82, 2.24) is 0 Å². The predicted octanol–water partition coefficient (Wildman–Crippen LogP) is 3.17. The van der Waals surface area contributed by atoms with Crippen LogP contribution in [-0.2, 0) is 28.7 Å². The third kappa shape index (κ3) is 24.1. The molecule has 0 aliphatic rings. The van der Waals surface area contributed by atoms with E-state index in [1.54, 1.807) is 0 Å². The van der Waals surface area contributed by atoms with Gasteiger partial charge >= 0.3 is 23.9 Å². The van der Waals surface area contributed by atoms with Crippen molar-refractivity contribution in [2.24, 2.45) is 0 Å². The molecule has 0 unspecified atom stereocenters. The zero-order valence-electron chi connectivity index (χ0n) is 15.8. The van der Waals surface area contributed by atoms with Crippen LogP contribution in [0.3, 0.4) is 0 Å². The SMILES string of the molecule is CCCCCOC(=O)CCC(=O)OCCCCC.O=C(O)CCC(=O)O. The highest BCUT2D eigenvalue weighted by atomic mass is 16.5. The molecule has 0 radical (unpaired) electrons. The summed E-state index contributed by atoms with van der Waals surface area (Å²) in [6, 6.07) is 0. The van der Waals surface area contributed by atoms with E-state index in [4.69, 9.17) is 19.7 Å². The lowest BCUT2D eigenvalue weighted by Crippen LogP contribution is -2.11. The normalized spacial score (nSPS) is 9.62. The average molecular weight is 376 g/mol. The fourth-order valence-corrected chi connectivity index (χ4v) is 1.64. The molecular formula is C18H32O8. The van der Waals surface area contributed by atoms with Gasteiger partial charge in [0.1, 0.15) is 0 Å². The van der Waals surface area contributed by atoms with Crippen molar-refractivity contribution in [2.45, 2.75) is 78.1 Å². The summed E-state index contributed by atoms with van der Waals surface area (Å²) < 4.78 is 9.98. The Labute approximate surface area is 154 Å². The molecule has 152 valence electrons. The first-order valence-electron chi connectivity index (χ1n) is 9.08. The highest BCUT2D eigenvalue weighted by Gasteiger charge is 2.08. The Balaban J connectivity index is 0. The number of hydrogen-bond acceptors (Lipinski definition) is 6. The minimum Gasteiger partial charge on any atom is -0.481 e. The minimum absolute atomic E-state index is 0.124. The molecule has 0 aromatic rings. The van der Waals surface area contributed by atoms with Crippen LogP contribution in [-0.4, -0.2) is 47.3 Å². The van der Waals surface area contributed by atoms with Crippen LogP contribution in [0.4, 0.5) is 0 Å². The van der Waals surface area contributed by atoms with E-state index in [0.29, 0.717) is 13.2 Å². The first-order valence-corrected chi connectivity index (χ1v) is 9.08. The standard InChI is InChI=1S/C14H26O4.C4H6O4/c1-3-5-7-11-17-13(15)9-10-14(16)18-12-8-6-4-2;5-3(6)1-2-4(7)8/h3-12H2,1-2H3;1-2H2,(H,5,6)(H,7,8). The fraction of sp³-hybridized carbons (Fsp3) is 0.778. The second-order valence-electron chi connectivity index (χ2n) is 5.64. The summed E-state index contributed by atoms with van der Waals surface area (Å²) in [4.78, 5) is 41.8. The Morgan fingerprint density at radius 2 is 0.962 bits per heavy atom. The van der Waals surface area contributed by atoms with Gasteiger partial charge in [-0.3, -0.25) is 19.2 Å². The Bertz CT molecular complexity index is 368. The summed E-state index contributed by atoms with van der Waals surface area (Å²) in [5.41, 5.74) is 0. The van der Waals surface area contributed by atoms with Gasteiger partial charge in [0.15, 0.2) is 0 Å². The maximum Gasteiger partial charge on any atom is 0.306 e. The number of carboxylic acid groups (broad SMARTS) is 2. The molecule has 0 spiro atoms. The van der Waals surface area contributed by atoms with E-state index in [9.17, 15) is 19.2 Å². The molecule has 8 heteroatoms. The average Bonchev–Trinajstić information content (AvgIpc) is 2.59. The first kappa shape index (κ1) is 26.1. The molecule has 8 nitrogen and oxygen atoms in total. The number of carbonyl (C=O) groups is 4. The summed E-state index contributed by atoms with van der Waals surface area (Å²) in [7, 11) is 0. The number of carbonyl (C=O) groups excluding carboxylic acids is 2. The van der Waals surface area contributed by atoms with Gasteiger partial charge in [0, 0.05) is 0 Å². The largest absolute Gasteiger partial charge is 0.481 e. The molecule has 0 aromatic heterocycles. The number of ether oxygens (including phenoxy) is 2. The van der Waals surface area contributed by atoms with Crippen molar-refractivity contribution in [3.8, 4) is 0 Å². The molecule has 0 saturated heterocycles. The summed E-state index contributed by atoms with van der Waals surface area (Å²) >= 11 is 0. The molecule has 0 aromatic carbocycles. The number of hydrogen-bond donors (Lipinski definition) is 2. The van der Waals surface area contributed by atoms with Crippen LogP contribution in [0.1, 0.15) is 78.1 Å². The van der Waals surface area contributed by atoms with Gasteiger partial charge in [-0.1, -0.05) is 39.5 Å². The summed E-state index contributed by atoms with van der Waals surface area (Å²) in [6.45, 7) is 5.10. The molecule has 0 aliphatic carbocycles. The van der Waals surface area contributed by atoms with Gasteiger partial charge in [0.05, 0.1) is 38.9 Å². The lowest BCUT2D eigenvalue weighted by Gasteiger charge is -2.05. The first-order chi connectivity index (χ1) is 12.3. The van der Waals surface area contributed by atoms with Gasteiger partial charge in [-0.05, 0) is 12.8 Å².